The first-order valence-corrected chi connectivity index (χ1v) is 11.0. The highest BCUT2D eigenvalue weighted by Gasteiger charge is 2.59. The fraction of sp³-hybridized carbons (Fsp3) is 0.538. The third-order valence-electron chi connectivity index (χ3n) is 8.29. The minimum absolute atomic E-state index is 0.266. The number of hydrogen-bond donors (Lipinski definition) is 2. The first-order chi connectivity index (χ1) is 13.3. The number of hydrogen-bond acceptors (Lipinski definition) is 2. The molecule has 6 rings (SSSR count). The zero-order chi connectivity index (χ0) is 19.8. The number of benzene rings is 2. The summed E-state index contributed by atoms with van der Waals surface area (Å²) in [5, 5.41) is 0. The highest BCUT2D eigenvalue weighted by atomic mass is 14.6. The highest BCUT2D eigenvalue weighted by Crippen LogP contribution is 2.68. The van der Waals surface area contributed by atoms with Crippen molar-refractivity contribution in [3.05, 3.63) is 57.6 Å². The van der Waals surface area contributed by atoms with E-state index in [0.29, 0.717) is 5.92 Å². The van der Waals surface area contributed by atoms with E-state index in [1.165, 1.54) is 54.4 Å². The van der Waals surface area contributed by atoms with Gasteiger partial charge in [0.05, 0.1) is 0 Å². The number of aryl methyl sites for hydroxylation is 4. The van der Waals surface area contributed by atoms with Crippen molar-refractivity contribution in [3.8, 4) is 0 Å². The third kappa shape index (κ3) is 2.46. The molecule has 4 N–H and O–H groups in total. The maximum absolute atomic E-state index is 6.22. The van der Waals surface area contributed by atoms with Crippen LogP contribution in [0.4, 0.5) is 11.4 Å². The molecule has 28 heavy (non-hydrogen) atoms. The Labute approximate surface area is 169 Å². The molecule has 0 spiro atoms. The summed E-state index contributed by atoms with van der Waals surface area (Å²) in [4.78, 5) is 0. The molecule has 4 bridgehead atoms. The number of anilines is 2. The Bertz CT molecular complexity index is 897. The minimum Gasteiger partial charge on any atom is -0.399 e. The van der Waals surface area contributed by atoms with Gasteiger partial charge in [-0.1, -0.05) is 0 Å². The number of rotatable bonds is 2. The lowest BCUT2D eigenvalue weighted by molar-refractivity contribution is -0.0289. The number of nitrogen functional groups attached to an aromatic ring is 2. The van der Waals surface area contributed by atoms with Crippen LogP contribution >= 0.6 is 0 Å². The fourth-order valence-electron chi connectivity index (χ4n) is 8.19. The largest absolute Gasteiger partial charge is 0.399 e. The van der Waals surface area contributed by atoms with Gasteiger partial charge in [0, 0.05) is 16.8 Å². The zero-order valence-corrected chi connectivity index (χ0v) is 17.8. The van der Waals surface area contributed by atoms with Crippen LogP contribution in [0.1, 0.15) is 71.4 Å². The van der Waals surface area contributed by atoms with Crippen LogP contribution in [-0.2, 0) is 5.41 Å². The molecule has 148 valence electrons. The molecule has 4 aliphatic rings. The Morgan fingerprint density at radius 2 is 1.18 bits per heavy atom. The van der Waals surface area contributed by atoms with Crippen LogP contribution in [0.15, 0.2) is 24.3 Å². The van der Waals surface area contributed by atoms with Crippen molar-refractivity contribution >= 4 is 11.4 Å². The van der Waals surface area contributed by atoms with Crippen molar-refractivity contribution in [3.63, 3.8) is 0 Å². The maximum Gasteiger partial charge on any atom is 0.0319 e. The van der Waals surface area contributed by atoms with Crippen molar-refractivity contribution in [2.24, 2.45) is 17.8 Å². The van der Waals surface area contributed by atoms with Crippen molar-refractivity contribution in [2.75, 3.05) is 11.5 Å². The van der Waals surface area contributed by atoms with E-state index >= 15 is 0 Å². The second kappa shape index (κ2) is 6.02. The van der Waals surface area contributed by atoms with Crippen molar-refractivity contribution in [1.29, 1.82) is 0 Å². The predicted octanol–water partition coefficient (Wildman–Crippen LogP) is 5.95. The molecule has 2 heteroatoms. The Hall–Kier alpha value is -1.96. The molecule has 3 unspecified atom stereocenters. The summed E-state index contributed by atoms with van der Waals surface area (Å²) in [6.07, 6.45) is 6.98. The second-order valence-corrected chi connectivity index (χ2v) is 10.3. The fourth-order valence-corrected chi connectivity index (χ4v) is 8.19. The van der Waals surface area contributed by atoms with E-state index < -0.39 is 0 Å². The van der Waals surface area contributed by atoms with E-state index in [1.807, 2.05) is 0 Å². The van der Waals surface area contributed by atoms with Crippen LogP contribution in [0.5, 0.6) is 0 Å². The van der Waals surface area contributed by atoms with Gasteiger partial charge in [-0.05, 0) is 141 Å². The highest BCUT2D eigenvalue weighted by molar-refractivity contribution is 5.57. The van der Waals surface area contributed by atoms with E-state index in [-0.39, 0.29) is 5.41 Å². The molecule has 4 aliphatic carbocycles. The molecule has 0 radical (unpaired) electrons. The summed E-state index contributed by atoms with van der Waals surface area (Å²) < 4.78 is 0. The molecule has 2 nitrogen and oxygen atoms in total. The van der Waals surface area contributed by atoms with Crippen LogP contribution in [0.2, 0.25) is 0 Å². The van der Waals surface area contributed by atoms with Gasteiger partial charge in [0.2, 0.25) is 0 Å². The van der Waals surface area contributed by atoms with E-state index in [4.69, 9.17) is 11.5 Å². The normalized spacial score (nSPS) is 33.4. The number of nitrogens with two attached hydrogens (primary N) is 2. The van der Waals surface area contributed by atoms with Gasteiger partial charge in [-0.15, -0.1) is 0 Å². The van der Waals surface area contributed by atoms with Crippen LogP contribution in [0.25, 0.3) is 0 Å². The lowest BCUT2D eigenvalue weighted by Gasteiger charge is -2.63. The topological polar surface area (TPSA) is 52.0 Å². The molecule has 0 amide bonds. The molecular weight excluding hydrogens is 340 g/mol. The van der Waals surface area contributed by atoms with Gasteiger partial charge in [0.25, 0.3) is 0 Å². The predicted molar refractivity (Wildman–Crippen MR) is 119 cm³/mol. The molecule has 2 aromatic rings. The Morgan fingerprint density at radius 1 is 0.714 bits per heavy atom. The smallest absolute Gasteiger partial charge is 0.0319 e. The Kier molecular flexibility index (Phi) is 3.89. The maximum atomic E-state index is 6.22. The van der Waals surface area contributed by atoms with Gasteiger partial charge < -0.3 is 11.5 Å². The summed E-state index contributed by atoms with van der Waals surface area (Å²) in [6.45, 7) is 9.13. The van der Waals surface area contributed by atoms with E-state index in [9.17, 15) is 0 Å². The van der Waals surface area contributed by atoms with Gasteiger partial charge in [-0.3, -0.25) is 0 Å². The lowest BCUT2D eigenvalue weighted by atomic mass is 9.41. The molecule has 3 atom stereocenters. The molecule has 2 aromatic carbocycles. The monoisotopic (exact) mass is 374 g/mol. The quantitative estimate of drug-likeness (QED) is 0.639. The average Bonchev–Trinajstić information content (AvgIpc) is 2.54. The molecule has 0 saturated heterocycles. The van der Waals surface area contributed by atoms with Gasteiger partial charge in [-0.25, -0.2) is 0 Å². The molecule has 4 saturated carbocycles. The van der Waals surface area contributed by atoms with Gasteiger partial charge in [0.1, 0.15) is 0 Å². The van der Waals surface area contributed by atoms with E-state index in [0.717, 1.165) is 29.1 Å². The first-order valence-electron chi connectivity index (χ1n) is 11.0. The first kappa shape index (κ1) is 18.1. The molecule has 0 heterocycles. The summed E-state index contributed by atoms with van der Waals surface area (Å²) in [5.74, 6) is 3.23. The molecule has 0 aromatic heterocycles. The molecular formula is C26H34N2. The van der Waals surface area contributed by atoms with E-state index in [1.54, 1.807) is 11.1 Å². The SMILES string of the molecule is Cc1cc(N)cc(C)c1C1C2CC3CC(C2)CC1(c1c(C)cc(N)cc1C)C3. The zero-order valence-electron chi connectivity index (χ0n) is 17.8. The van der Waals surface area contributed by atoms with Crippen molar-refractivity contribution in [2.45, 2.75) is 71.1 Å². The summed E-state index contributed by atoms with van der Waals surface area (Å²) in [6, 6.07) is 8.81. The summed E-state index contributed by atoms with van der Waals surface area (Å²) >= 11 is 0. The summed E-state index contributed by atoms with van der Waals surface area (Å²) in [5.41, 5.74) is 23.3. The van der Waals surface area contributed by atoms with E-state index in [2.05, 4.69) is 52.0 Å². The third-order valence-corrected chi connectivity index (χ3v) is 8.29. The average molecular weight is 375 g/mol. The van der Waals surface area contributed by atoms with Gasteiger partial charge >= 0.3 is 0 Å². The van der Waals surface area contributed by atoms with Crippen molar-refractivity contribution < 1.29 is 0 Å². The van der Waals surface area contributed by atoms with Gasteiger partial charge in [-0.2, -0.15) is 0 Å². The van der Waals surface area contributed by atoms with Crippen LogP contribution in [0, 0.1) is 45.4 Å². The Morgan fingerprint density at radius 3 is 1.68 bits per heavy atom. The van der Waals surface area contributed by atoms with Crippen LogP contribution in [-0.4, -0.2) is 0 Å². The minimum atomic E-state index is 0.266. The van der Waals surface area contributed by atoms with Gasteiger partial charge in [0.15, 0.2) is 0 Å². The van der Waals surface area contributed by atoms with Crippen LogP contribution < -0.4 is 11.5 Å². The molecule has 0 aliphatic heterocycles. The second-order valence-electron chi connectivity index (χ2n) is 10.3. The standard InChI is InChI=1S/C26H34N2/c1-14-5-21(27)6-15(2)23(14)25-20-10-18-9-19(11-20)13-26(25,12-18)24-16(3)7-22(28)8-17(24)4/h5-8,18-20,25H,9-13,27-28H2,1-4H3. The summed E-state index contributed by atoms with van der Waals surface area (Å²) in [7, 11) is 0. The Balaban J connectivity index is 1.77. The lowest BCUT2D eigenvalue weighted by Crippen LogP contribution is -2.54. The van der Waals surface area contributed by atoms with Crippen molar-refractivity contribution in [1.82, 2.24) is 0 Å². The molecule has 4 fully saturated rings. The van der Waals surface area contributed by atoms with Crippen LogP contribution in [0.3, 0.4) is 0 Å².